The lowest BCUT2D eigenvalue weighted by molar-refractivity contribution is -0.159. The summed E-state index contributed by atoms with van der Waals surface area (Å²) in [5, 5.41) is 23.5. The SMILES string of the molecule is CCC(=O)c1c(-c2ccc(C)cc2)csc1NC(=O)CNCCCN1CCOCC1.O=C(O)C(=O)O. The topological polar surface area (TPSA) is 145 Å². The first-order valence-electron chi connectivity index (χ1n) is 11.7. The van der Waals surface area contributed by atoms with Gasteiger partial charge in [-0.25, -0.2) is 9.59 Å². The molecule has 0 bridgehead atoms. The van der Waals surface area contributed by atoms with Crippen molar-refractivity contribution in [2.75, 3.05) is 51.3 Å². The van der Waals surface area contributed by atoms with Crippen LogP contribution < -0.4 is 10.6 Å². The predicted octanol–water partition coefficient (Wildman–Crippen LogP) is 2.72. The van der Waals surface area contributed by atoms with Gasteiger partial charge >= 0.3 is 11.9 Å². The molecule has 1 aliphatic rings. The Hall–Kier alpha value is -3.12. The summed E-state index contributed by atoms with van der Waals surface area (Å²) in [6, 6.07) is 8.11. The first-order valence-corrected chi connectivity index (χ1v) is 12.6. The van der Waals surface area contributed by atoms with Gasteiger partial charge in [0.05, 0.1) is 25.3 Å². The molecular weight excluding hydrogens is 486 g/mol. The van der Waals surface area contributed by atoms with E-state index in [2.05, 4.69) is 15.5 Å². The van der Waals surface area contributed by atoms with Crippen LogP contribution in [0.2, 0.25) is 0 Å². The molecule has 4 N–H and O–H groups in total. The molecule has 0 saturated carbocycles. The third kappa shape index (κ3) is 9.50. The van der Waals surface area contributed by atoms with Crippen molar-refractivity contribution in [3.63, 3.8) is 0 Å². The number of amides is 1. The van der Waals surface area contributed by atoms with Crippen molar-refractivity contribution in [2.24, 2.45) is 0 Å². The lowest BCUT2D eigenvalue weighted by Gasteiger charge is -2.26. The van der Waals surface area contributed by atoms with E-state index in [4.69, 9.17) is 24.5 Å². The lowest BCUT2D eigenvalue weighted by Crippen LogP contribution is -2.38. The molecule has 1 amide bonds. The van der Waals surface area contributed by atoms with Crippen LogP contribution in [0.15, 0.2) is 29.6 Å². The maximum absolute atomic E-state index is 12.6. The molecule has 2 heterocycles. The minimum absolute atomic E-state index is 0.0422. The Bertz CT molecular complexity index is 1020. The standard InChI is InChI=1S/C23H31N3O3S.C2H2O4/c1-3-20(27)22-19(18-7-5-17(2)6-8-18)16-30-23(22)25-21(28)15-24-9-4-10-26-11-13-29-14-12-26;3-1(4)2(5)6/h5-8,16,24H,3-4,9-15H2,1-2H3,(H,25,28);(H,3,4)(H,5,6). The number of Topliss-reactive ketones (excluding diaryl/α,β-unsaturated/α-hetero) is 1. The fourth-order valence-corrected chi connectivity index (χ4v) is 4.48. The Morgan fingerprint density at radius 1 is 1.06 bits per heavy atom. The zero-order valence-electron chi connectivity index (χ0n) is 20.5. The van der Waals surface area contributed by atoms with Crippen molar-refractivity contribution in [1.82, 2.24) is 10.2 Å². The second kappa shape index (κ2) is 15.1. The predicted molar refractivity (Wildman–Crippen MR) is 138 cm³/mol. The Balaban J connectivity index is 0.000000678. The second-order valence-corrected chi connectivity index (χ2v) is 9.02. The molecule has 1 aliphatic heterocycles. The van der Waals surface area contributed by atoms with Gasteiger partial charge in [-0.1, -0.05) is 36.8 Å². The molecule has 0 unspecified atom stereocenters. The molecule has 2 aromatic rings. The molecule has 0 aliphatic carbocycles. The number of nitrogens with one attached hydrogen (secondary N) is 2. The molecule has 1 aromatic carbocycles. The molecule has 1 aromatic heterocycles. The van der Waals surface area contributed by atoms with E-state index < -0.39 is 11.9 Å². The van der Waals surface area contributed by atoms with Crippen LogP contribution in [0, 0.1) is 6.92 Å². The molecule has 0 spiro atoms. The summed E-state index contributed by atoms with van der Waals surface area (Å²) < 4.78 is 5.35. The highest BCUT2D eigenvalue weighted by Crippen LogP contribution is 2.36. The summed E-state index contributed by atoms with van der Waals surface area (Å²) >= 11 is 1.41. The summed E-state index contributed by atoms with van der Waals surface area (Å²) in [5.74, 6) is -3.73. The number of hydrogen-bond donors (Lipinski definition) is 4. The highest BCUT2D eigenvalue weighted by atomic mass is 32.1. The van der Waals surface area contributed by atoms with Gasteiger partial charge in [-0.3, -0.25) is 14.5 Å². The van der Waals surface area contributed by atoms with Crippen LogP contribution in [0.1, 0.15) is 35.7 Å². The van der Waals surface area contributed by atoms with Gasteiger partial charge in [0.2, 0.25) is 5.91 Å². The summed E-state index contributed by atoms with van der Waals surface area (Å²) in [5.41, 5.74) is 3.67. The number of aliphatic carboxylic acids is 2. The van der Waals surface area contributed by atoms with Gasteiger partial charge in [0.1, 0.15) is 5.00 Å². The monoisotopic (exact) mass is 519 g/mol. The van der Waals surface area contributed by atoms with E-state index in [-0.39, 0.29) is 18.2 Å². The third-order valence-corrected chi connectivity index (χ3v) is 6.30. The normalized spacial score (nSPS) is 13.4. The molecule has 1 saturated heterocycles. The molecule has 196 valence electrons. The Kier molecular flexibility index (Phi) is 12.2. The number of anilines is 1. The number of aryl methyl sites for hydroxylation is 1. The minimum atomic E-state index is -1.82. The van der Waals surface area contributed by atoms with E-state index in [0.717, 1.165) is 56.9 Å². The van der Waals surface area contributed by atoms with E-state index in [1.54, 1.807) is 0 Å². The highest BCUT2D eigenvalue weighted by Gasteiger charge is 2.20. The Labute approximate surface area is 214 Å². The largest absolute Gasteiger partial charge is 0.473 e. The van der Waals surface area contributed by atoms with Crippen LogP contribution in [0.5, 0.6) is 0 Å². The average molecular weight is 520 g/mol. The van der Waals surface area contributed by atoms with Crippen molar-refractivity contribution in [3.05, 3.63) is 40.8 Å². The number of thiophene rings is 1. The fraction of sp³-hybridized carbons (Fsp3) is 0.440. The molecule has 0 radical (unpaired) electrons. The number of nitrogens with zero attached hydrogens (tertiary/aromatic N) is 1. The van der Waals surface area contributed by atoms with Crippen LogP contribution in [0.3, 0.4) is 0 Å². The zero-order valence-corrected chi connectivity index (χ0v) is 21.4. The van der Waals surface area contributed by atoms with Gasteiger partial charge in [0.15, 0.2) is 5.78 Å². The van der Waals surface area contributed by atoms with Crippen molar-refractivity contribution in [1.29, 1.82) is 0 Å². The minimum Gasteiger partial charge on any atom is -0.473 e. The van der Waals surface area contributed by atoms with Crippen LogP contribution in [-0.4, -0.2) is 84.7 Å². The maximum atomic E-state index is 12.6. The number of benzene rings is 1. The average Bonchev–Trinajstić information content (AvgIpc) is 3.28. The van der Waals surface area contributed by atoms with Crippen molar-refractivity contribution >= 4 is 40.0 Å². The van der Waals surface area contributed by atoms with Crippen LogP contribution in [0.25, 0.3) is 11.1 Å². The zero-order chi connectivity index (χ0) is 26.5. The van der Waals surface area contributed by atoms with Gasteiger partial charge in [0.25, 0.3) is 0 Å². The molecule has 36 heavy (non-hydrogen) atoms. The van der Waals surface area contributed by atoms with Gasteiger partial charge in [-0.15, -0.1) is 11.3 Å². The van der Waals surface area contributed by atoms with Gasteiger partial charge in [-0.05, 0) is 32.0 Å². The Morgan fingerprint density at radius 2 is 1.69 bits per heavy atom. The smallest absolute Gasteiger partial charge is 0.414 e. The summed E-state index contributed by atoms with van der Waals surface area (Å²) in [6.45, 7) is 9.49. The summed E-state index contributed by atoms with van der Waals surface area (Å²) in [4.78, 5) is 45.6. The summed E-state index contributed by atoms with van der Waals surface area (Å²) in [7, 11) is 0. The first-order chi connectivity index (χ1) is 17.2. The number of rotatable bonds is 10. The van der Waals surface area contributed by atoms with E-state index >= 15 is 0 Å². The molecule has 10 nitrogen and oxygen atoms in total. The molecule has 1 fully saturated rings. The van der Waals surface area contributed by atoms with Crippen LogP contribution >= 0.6 is 11.3 Å². The molecule has 11 heteroatoms. The molecule has 0 atom stereocenters. The van der Waals surface area contributed by atoms with E-state index in [0.29, 0.717) is 17.0 Å². The van der Waals surface area contributed by atoms with E-state index in [9.17, 15) is 9.59 Å². The van der Waals surface area contributed by atoms with Gasteiger partial charge in [-0.2, -0.15) is 0 Å². The lowest BCUT2D eigenvalue weighted by atomic mass is 9.99. The van der Waals surface area contributed by atoms with Crippen molar-refractivity contribution < 1.29 is 34.1 Å². The first kappa shape index (κ1) is 29.1. The van der Waals surface area contributed by atoms with Gasteiger partial charge in [0, 0.05) is 30.5 Å². The van der Waals surface area contributed by atoms with Crippen LogP contribution in [0.4, 0.5) is 5.00 Å². The highest BCUT2D eigenvalue weighted by molar-refractivity contribution is 7.15. The number of carbonyl (C=O) groups excluding carboxylic acids is 2. The van der Waals surface area contributed by atoms with Gasteiger partial charge < -0.3 is 25.6 Å². The third-order valence-electron chi connectivity index (χ3n) is 5.41. The van der Waals surface area contributed by atoms with Crippen molar-refractivity contribution in [2.45, 2.75) is 26.7 Å². The number of carboxylic acids is 2. The number of ketones is 1. The Morgan fingerprint density at radius 3 is 2.28 bits per heavy atom. The van der Waals surface area contributed by atoms with E-state index in [1.807, 2.05) is 43.5 Å². The maximum Gasteiger partial charge on any atom is 0.414 e. The fourth-order valence-electron chi connectivity index (χ4n) is 3.47. The second-order valence-electron chi connectivity index (χ2n) is 8.14. The van der Waals surface area contributed by atoms with Crippen molar-refractivity contribution in [3.8, 4) is 11.1 Å². The number of ether oxygens (including phenoxy) is 1. The van der Waals surface area contributed by atoms with E-state index in [1.165, 1.54) is 16.9 Å². The van der Waals surface area contributed by atoms with Crippen LogP contribution in [-0.2, 0) is 19.1 Å². The molecular formula is C25H33N3O7S. The number of morpholine rings is 1. The summed E-state index contributed by atoms with van der Waals surface area (Å²) in [6.07, 6.45) is 1.39. The number of carbonyl (C=O) groups is 4. The number of hydrogen-bond acceptors (Lipinski definition) is 8. The number of carboxylic acid groups (broad SMARTS) is 2. The molecule has 3 rings (SSSR count). The quantitative estimate of drug-likeness (QED) is 0.211.